The second kappa shape index (κ2) is 4.54. The fraction of sp³-hybridized carbons (Fsp3) is 0.944. The van der Waals surface area contributed by atoms with Crippen LogP contribution in [0.1, 0.15) is 66.2 Å². The van der Waals surface area contributed by atoms with E-state index in [0.717, 1.165) is 32.1 Å². The number of rotatable bonds is 2. The normalized spacial score (nSPS) is 46.2. The lowest BCUT2D eigenvalue weighted by Gasteiger charge is -2.61. The molecule has 5 fully saturated rings. The van der Waals surface area contributed by atoms with Crippen LogP contribution in [0.15, 0.2) is 0 Å². The molecular formula is C18H29BO4. The number of carbonyl (C=O) groups excluding carboxylic acids is 1. The van der Waals surface area contributed by atoms with Crippen LogP contribution >= 0.6 is 0 Å². The Kier molecular flexibility index (Phi) is 3.15. The topological polar surface area (TPSA) is 44.8 Å². The average Bonchev–Trinajstić information content (AvgIpc) is 2.66. The number of hydrogen-bond acceptors (Lipinski definition) is 4. The Labute approximate surface area is 139 Å². The van der Waals surface area contributed by atoms with Gasteiger partial charge in [-0.15, -0.1) is 0 Å². The zero-order valence-corrected chi connectivity index (χ0v) is 15.1. The molecule has 4 aliphatic carbocycles. The molecule has 1 saturated heterocycles. The lowest BCUT2D eigenvalue weighted by molar-refractivity contribution is -0.168. The molecule has 4 bridgehead atoms. The van der Waals surface area contributed by atoms with Crippen LogP contribution in [-0.2, 0) is 18.8 Å². The Morgan fingerprint density at radius 2 is 1.52 bits per heavy atom. The molecular weight excluding hydrogens is 291 g/mol. The fourth-order valence-electron chi connectivity index (χ4n) is 6.16. The van der Waals surface area contributed by atoms with Crippen LogP contribution in [-0.4, -0.2) is 31.4 Å². The summed E-state index contributed by atoms with van der Waals surface area (Å²) in [7, 11) is 1.34. The van der Waals surface area contributed by atoms with Crippen LogP contribution in [0.4, 0.5) is 0 Å². The highest BCUT2D eigenvalue weighted by molar-refractivity contribution is 6.50. The van der Waals surface area contributed by atoms with E-state index in [9.17, 15) is 4.79 Å². The summed E-state index contributed by atoms with van der Waals surface area (Å²) in [6.45, 7) is 8.46. The Balaban J connectivity index is 1.68. The summed E-state index contributed by atoms with van der Waals surface area (Å²) in [5.41, 5.74) is -0.902. The smallest absolute Gasteiger partial charge is 0.464 e. The van der Waals surface area contributed by atoms with Crippen LogP contribution < -0.4 is 0 Å². The molecule has 4 saturated carbocycles. The first-order chi connectivity index (χ1) is 10.6. The first kappa shape index (κ1) is 16.0. The SMILES string of the molecule is COC(=O)C12CC3CC(CC(B4OC(C)(C)C(C)(C)O4)(C3)C1)C2. The number of methoxy groups -OCH3 is 1. The fourth-order valence-corrected chi connectivity index (χ4v) is 6.16. The van der Waals surface area contributed by atoms with Crippen molar-refractivity contribution in [2.45, 2.75) is 82.7 Å². The Bertz CT molecular complexity index is 511. The van der Waals surface area contributed by atoms with Crippen molar-refractivity contribution in [3.63, 3.8) is 0 Å². The van der Waals surface area contributed by atoms with Crippen molar-refractivity contribution in [3.8, 4) is 0 Å². The van der Waals surface area contributed by atoms with Gasteiger partial charge in [-0.05, 0) is 78.1 Å². The van der Waals surface area contributed by atoms with Gasteiger partial charge in [-0.2, -0.15) is 0 Å². The second-order valence-corrected chi connectivity index (χ2v) is 9.68. The third-order valence-corrected chi connectivity index (χ3v) is 7.48. The van der Waals surface area contributed by atoms with Gasteiger partial charge in [-0.1, -0.05) is 0 Å². The zero-order chi connectivity index (χ0) is 16.7. The van der Waals surface area contributed by atoms with Gasteiger partial charge in [0.2, 0.25) is 0 Å². The summed E-state index contributed by atoms with van der Waals surface area (Å²) < 4.78 is 18.1. The summed E-state index contributed by atoms with van der Waals surface area (Å²) in [6.07, 6.45) is 6.41. The largest absolute Gasteiger partial charge is 0.469 e. The highest BCUT2D eigenvalue weighted by atomic mass is 16.7. The molecule has 0 aromatic heterocycles. The summed E-state index contributed by atoms with van der Waals surface area (Å²) in [6, 6.07) is 0. The summed E-state index contributed by atoms with van der Waals surface area (Å²) >= 11 is 0. The predicted molar refractivity (Wildman–Crippen MR) is 87.9 cm³/mol. The number of carbonyl (C=O) groups is 1. The van der Waals surface area contributed by atoms with E-state index in [0.29, 0.717) is 11.8 Å². The van der Waals surface area contributed by atoms with Crippen molar-refractivity contribution in [1.82, 2.24) is 0 Å². The van der Waals surface area contributed by atoms with Crippen molar-refractivity contribution in [1.29, 1.82) is 0 Å². The molecule has 1 heterocycles. The summed E-state index contributed by atoms with van der Waals surface area (Å²) in [5.74, 6) is 1.23. The Hall–Kier alpha value is -0.545. The number of esters is 1. The van der Waals surface area contributed by atoms with Gasteiger partial charge in [0.05, 0.1) is 23.7 Å². The van der Waals surface area contributed by atoms with E-state index in [-0.39, 0.29) is 35.0 Å². The summed E-state index contributed by atoms with van der Waals surface area (Å²) in [4.78, 5) is 12.6. The van der Waals surface area contributed by atoms with E-state index in [1.165, 1.54) is 13.5 Å². The maximum absolute atomic E-state index is 12.6. The molecule has 0 aromatic rings. The highest BCUT2D eigenvalue weighted by Crippen LogP contribution is 2.71. The van der Waals surface area contributed by atoms with Crippen molar-refractivity contribution >= 4 is 13.1 Å². The van der Waals surface area contributed by atoms with E-state index in [1.807, 2.05) is 0 Å². The van der Waals surface area contributed by atoms with Crippen LogP contribution in [0.5, 0.6) is 0 Å². The molecule has 2 atom stereocenters. The molecule has 0 spiro atoms. The van der Waals surface area contributed by atoms with Gasteiger partial charge >= 0.3 is 13.1 Å². The number of ether oxygens (including phenoxy) is 1. The van der Waals surface area contributed by atoms with Gasteiger partial charge in [-0.3, -0.25) is 4.79 Å². The van der Waals surface area contributed by atoms with Gasteiger partial charge in [-0.25, -0.2) is 0 Å². The minimum atomic E-state index is -0.306. The van der Waals surface area contributed by atoms with E-state index in [4.69, 9.17) is 14.0 Å². The maximum atomic E-state index is 12.6. The lowest BCUT2D eigenvalue weighted by Crippen LogP contribution is -2.57. The minimum Gasteiger partial charge on any atom is -0.469 e. The molecule has 0 amide bonds. The van der Waals surface area contributed by atoms with E-state index < -0.39 is 0 Å². The van der Waals surface area contributed by atoms with Crippen LogP contribution in [0, 0.1) is 17.3 Å². The molecule has 2 unspecified atom stereocenters. The van der Waals surface area contributed by atoms with Gasteiger partial charge in [0.15, 0.2) is 0 Å². The molecule has 4 nitrogen and oxygen atoms in total. The number of hydrogen-bond donors (Lipinski definition) is 0. The molecule has 0 aromatic carbocycles. The first-order valence-corrected chi connectivity index (χ1v) is 9.06. The lowest BCUT2D eigenvalue weighted by atomic mass is 9.35. The standard InChI is InChI=1S/C18H29BO4/c1-15(2)16(3,4)23-19(22-15)18-9-12-6-13(10-18)8-17(7-12,11-18)14(20)21-5/h12-13H,6-11H2,1-5H3. The summed E-state index contributed by atoms with van der Waals surface area (Å²) in [5, 5.41) is -0.0106. The minimum absolute atomic E-state index is 0.00695. The van der Waals surface area contributed by atoms with Crippen molar-refractivity contribution < 1.29 is 18.8 Å². The average molecular weight is 320 g/mol. The van der Waals surface area contributed by atoms with Gasteiger partial charge in [0.1, 0.15) is 0 Å². The third kappa shape index (κ3) is 2.08. The van der Waals surface area contributed by atoms with Crippen molar-refractivity contribution in [2.24, 2.45) is 17.3 Å². The van der Waals surface area contributed by atoms with Crippen LogP contribution in [0.25, 0.3) is 0 Å². The molecule has 128 valence electrons. The highest BCUT2D eigenvalue weighted by Gasteiger charge is 2.69. The zero-order valence-electron chi connectivity index (χ0n) is 15.1. The van der Waals surface area contributed by atoms with Gasteiger partial charge < -0.3 is 14.0 Å². The van der Waals surface area contributed by atoms with Crippen molar-refractivity contribution in [3.05, 3.63) is 0 Å². The monoisotopic (exact) mass is 320 g/mol. The molecule has 5 rings (SSSR count). The Morgan fingerprint density at radius 1 is 1.00 bits per heavy atom. The van der Waals surface area contributed by atoms with E-state index >= 15 is 0 Å². The predicted octanol–water partition coefficient (Wildman–Crippen LogP) is 3.59. The molecule has 0 radical (unpaired) electrons. The van der Waals surface area contributed by atoms with Crippen LogP contribution in [0.3, 0.4) is 0 Å². The molecule has 5 heteroatoms. The second-order valence-electron chi connectivity index (χ2n) is 9.68. The van der Waals surface area contributed by atoms with Crippen molar-refractivity contribution in [2.75, 3.05) is 7.11 Å². The Morgan fingerprint density at radius 3 is 2.00 bits per heavy atom. The van der Waals surface area contributed by atoms with E-state index in [1.54, 1.807) is 0 Å². The van der Waals surface area contributed by atoms with E-state index in [2.05, 4.69) is 27.7 Å². The maximum Gasteiger partial charge on any atom is 0.464 e. The molecule has 1 aliphatic heterocycles. The van der Waals surface area contributed by atoms with Gasteiger partial charge in [0, 0.05) is 5.31 Å². The molecule has 23 heavy (non-hydrogen) atoms. The third-order valence-electron chi connectivity index (χ3n) is 7.48. The molecule has 0 N–H and O–H groups in total. The first-order valence-electron chi connectivity index (χ1n) is 9.06. The van der Waals surface area contributed by atoms with Crippen LogP contribution in [0.2, 0.25) is 5.31 Å². The molecule has 5 aliphatic rings. The quantitative estimate of drug-likeness (QED) is 0.576. The van der Waals surface area contributed by atoms with Gasteiger partial charge in [0.25, 0.3) is 0 Å².